The number of sulfonamides is 1. The van der Waals surface area contributed by atoms with Gasteiger partial charge in [-0.15, -0.1) is 11.3 Å². The van der Waals surface area contributed by atoms with E-state index in [1.807, 2.05) is 13.8 Å². The second kappa shape index (κ2) is 8.94. The lowest BCUT2D eigenvalue weighted by Gasteiger charge is -2.48. The fourth-order valence-electron chi connectivity index (χ4n) is 5.10. The Morgan fingerprint density at radius 2 is 1.89 bits per heavy atom. The second-order valence-corrected chi connectivity index (χ2v) is 13.4. The minimum atomic E-state index is -3.59. The van der Waals surface area contributed by atoms with Crippen LogP contribution in [0, 0.1) is 18.7 Å². The van der Waals surface area contributed by atoms with Crippen molar-refractivity contribution in [3.8, 4) is 0 Å². The number of nitrogens with zero attached hydrogens (tertiary/aromatic N) is 3. The molecular formula is C24H29FN4O4S2. The van der Waals surface area contributed by atoms with Crippen molar-refractivity contribution >= 4 is 33.3 Å². The summed E-state index contributed by atoms with van der Waals surface area (Å²) >= 11 is 1.42. The van der Waals surface area contributed by atoms with Crippen molar-refractivity contribution in [2.24, 2.45) is 5.92 Å². The molecule has 8 nitrogen and oxygen atoms in total. The number of halogens is 1. The van der Waals surface area contributed by atoms with E-state index in [0.29, 0.717) is 12.8 Å². The summed E-state index contributed by atoms with van der Waals surface area (Å²) in [6.45, 7) is 4.07. The Hall–Kier alpha value is -2.37. The standard InChI is InChI=1S/C24H29FN4O4S2/c1-15-26-12-18(34-15)14-29-22(30)20-11-19(35(32,33)27-24(2)9-10-24)7-8-21(20)28(23(29)31)13-16-3-5-17(25)6-4-16/h3-6,12,19-21,27H,7-11,13-14H2,1-2H3. The van der Waals surface area contributed by atoms with Crippen molar-refractivity contribution in [3.63, 3.8) is 0 Å². The number of urea groups is 1. The largest absolute Gasteiger partial charge is 0.327 e. The summed E-state index contributed by atoms with van der Waals surface area (Å²) in [5.74, 6) is -1.32. The zero-order chi connectivity index (χ0) is 25.0. The van der Waals surface area contributed by atoms with E-state index in [-0.39, 0.29) is 36.8 Å². The maximum atomic E-state index is 13.6. The van der Waals surface area contributed by atoms with Gasteiger partial charge in [0.15, 0.2) is 0 Å². The monoisotopic (exact) mass is 520 g/mol. The predicted molar refractivity (Wildman–Crippen MR) is 129 cm³/mol. The predicted octanol–water partition coefficient (Wildman–Crippen LogP) is 3.56. The third-order valence-electron chi connectivity index (χ3n) is 7.30. The van der Waals surface area contributed by atoms with Crippen LogP contribution in [0.1, 0.15) is 54.5 Å². The first kappa shape index (κ1) is 24.3. The number of nitrogens with one attached hydrogen (secondary N) is 1. The summed E-state index contributed by atoms with van der Waals surface area (Å²) in [6.07, 6.45) is 4.24. The number of fused-ring (bicyclic) bond motifs is 1. The van der Waals surface area contributed by atoms with E-state index in [4.69, 9.17) is 0 Å². The lowest BCUT2D eigenvalue weighted by atomic mass is 9.80. The quantitative estimate of drug-likeness (QED) is 0.602. The fraction of sp³-hybridized carbons (Fsp3) is 0.542. The number of rotatable bonds is 7. The normalized spacial score (nSPS) is 26.1. The molecule has 3 unspecified atom stereocenters. The molecule has 0 radical (unpaired) electrons. The van der Waals surface area contributed by atoms with Crippen LogP contribution in [0.4, 0.5) is 9.18 Å². The number of hydrogen-bond acceptors (Lipinski definition) is 6. The number of benzene rings is 1. The smallest absolute Gasteiger partial charge is 0.316 e. The molecule has 0 bridgehead atoms. The number of aromatic nitrogens is 1. The number of carbonyl (C=O) groups is 2. The van der Waals surface area contributed by atoms with Crippen LogP contribution in [0.3, 0.4) is 0 Å². The molecule has 3 amide bonds. The number of thiazole rings is 1. The molecule has 2 heterocycles. The Labute approximate surface area is 208 Å². The van der Waals surface area contributed by atoms with Gasteiger partial charge in [-0.05, 0) is 63.6 Å². The molecule has 11 heteroatoms. The van der Waals surface area contributed by atoms with Gasteiger partial charge in [-0.2, -0.15) is 0 Å². The molecule has 35 heavy (non-hydrogen) atoms. The first-order valence-corrected chi connectivity index (χ1v) is 14.2. The van der Waals surface area contributed by atoms with Gasteiger partial charge >= 0.3 is 6.03 Å². The first-order chi connectivity index (χ1) is 16.5. The van der Waals surface area contributed by atoms with Crippen LogP contribution in [0.5, 0.6) is 0 Å². The lowest BCUT2D eigenvalue weighted by molar-refractivity contribution is -0.141. The Bertz CT molecular complexity index is 1240. The molecule has 188 valence electrons. The summed E-state index contributed by atoms with van der Waals surface area (Å²) in [7, 11) is -3.59. The van der Waals surface area contributed by atoms with E-state index in [0.717, 1.165) is 28.3 Å². The molecule has 1 saturated heterocycles. The molecule has 2 aromatic rings. The highest BCUT2D eigenvalue weighted by Gasteiger charge is 2.52. The van der Waals surface area contributed by atoms with Crippen LogP contribution in [-0.2, 0) is 27.9 Å². The highest BCUT2D eigenvalue weighted by atomic mass is 32.2. The van der Waals surface area contributed by atoms with Gasteiger partial charge in [-0.3, -0.25) is 9.69 Å². The zero-order valence-electron chi connectivity index (χ0n) is 19.7. The van der Waals surface area contributed by atoms with Crippen LogP contribution >= 0.6 is 11.3 Å². The van der Waals surface area contributed by atoms with Gasteiger partial charge in [0.05, 0.1) is 22.7 Å². The topological polar surface area (TPSA) is 99.7 Å². The van der Waals surface area contributed by atoms with Crippen LogP contribution in [0.15, 0.2) is 30.5 Å². The Balaban J connectivity index is 1.43. The van der Waals surface area contributed by atoms with Gasteiger partial charge in [-0.25, -0.2) is 27.3 Å². The maximum absolute atomic E-state index is 13.6. The minimum absolute atomic E-state index is 0.0973. The van der Waals surface area contributed by atoms with Gasteiger partial charge in [0.25, 0.3) is 0 Å². The molecule has 1 N–H and O–H groups in total. The molecule has 3 fully saturated rings. The van der Waals surface area contributed by atoms with Gasteiger partial charge in [0, 0.05) is 29.2 Å². The minimum Gasteiger partial charge on any atom is -0.316 e. The summed E-state index contributed by atoms with van der Waals surface area (Å²) in [4.78, 5) is 35.0. The molecule has 2 aliphatic carbocycles. The molecule has 1 aromatic carbocycles. The van der Waals surface area contributed by atoms with Crippen LogP contribution in [-0.4, -0.2) is 52.0 Å². The average Bonchev–Trinajstić information content (AvgIpc) is 3.38. The van der Waals surface area contributed by atoms with Crippen molar-refractivity contribution in [2.45, 2.75) is 75.9 Å². The average molecular weight is 521 g/mol. The van der Waals surface area contributed by atoms with Gasteiger partial charge in [-0.1, -0.05) is 12.1 Å². The maximum Gasteiger partial charge on any atom is 0.327 e. The second-order valence-electron chi connectivity index (χ2n) is 10.1. The molecule has 0 spiro atoms. The number of aryl methyl sites for hydroxylation is 1. The van der Waals surface area contributed by atoms with E-state index in [1.165, 1.54) is 28.4 Å². The van der Waals surface area contributed by atoms with E-state index >= 15 is 0 Å². The highest BCUT2D eigenvalue weighted by Crippen LogP contribution is 2.41. The molecule has 3 atom stereocenters. The molecular weight excluding hydrogens is 491 g/mol. The number of amides is 3. The molecule has 1 aromatic heterocycles. The van der Waals surface area contributed by atoms with Gasteiger partial charge in [0.1, 0.15) is 5.82 Å². The van der Waals surface area contributed by atoms with E-state index < -0.39 is 33.3 Å². The Morgan fingerprint density at radius 1 is 1.17 bits per heavy atom. The number of imide groups is 1. The summed E-state index contributed by atoms with van der Waals surface area (Å²) in [6, 6.07) is 5.14. The van der Waals surface area contributed by atoms with Crippen molar-refractivity contribution in [2.75, 3.05) is 0 Å². The number of carbonyl (C=O) groups excluding carboxylic acids is 2. The molecule has 2 saturated carbocycles. The Kier molecular flexibility index (Phi) is 6.21. The number of hydrogen-bond donors (Lipinski definition) is 1. The third-order valence-corrected chi connectivity index (χ3v) is 10.3. The van der Waals surface area contributed by atoms with Crippen LogP contribution in [0.25, 0.3) is 0 Å². The molecule has 5 rings (SSSR count). The lowest BCUT2D eigenvalue weighted by Crippen LogP contribution is -2.63. The van der Waals surface area contributed by atoms with Crippen molar-refractivity contribution < 1.29 is 22.4 Å². The van der Waals surface area contributed by atoms with Crippen LogP contribution < -0.4 is 4.72 Å². The summed E-state index contributed by atoms with van der Waals surface area (Å²) in [5, 5.41) is 0.153. The van der Waals surface area contributed by atoms with Gasteiger partial charge < -0.3 is 4.90 Å². The van der Waals surface area contributed by atoms with E-state index in [1.54, 1.807) is 23.2 Å². The van der Waals surface area contributed by atoms with E-state index in [9.17, 15) is 22.4 Å². The molecule has 1 aliphatic heterocycles. The SMILES string of the molecule is Cc1ncc(CN2C(=O)C3CC(S(=O)(=O)NC4(C)CC4)CCC3N(Cc3ccc(F)cc3)C2=O)s1. The van der Waals surface area contributed by atoms with Crippen LogP contribution in [0.2, 0.25) is 0 Å². The van der Waals surface area contributed by atoms with Crippen molar-refractivity contribution in [1.82, 2.24) is 19.5 Å². The van der Waals surface area contributed by atoms with Gasteiger partial charge in [0.2, 0.25) is 15.9 Å². The fourth-order valence-corrected chi connectivity index (χ4v) is 7.84. The summed E-state index contributed by atoms with van der Waals surface area (Å²) in [5.41, 5.74) is 0.368. The zero-order valence-corrected chi connectivity index (χ0v) is 21.4. The van der Waals surface area contributed by atoms with Crippen molar-refractivity contribution in [3.05, 3.63) is 51.7 Å². The Morgan fingerprint density at radius 3 is 2.51 bits per heavy atom. The first-order valence-electron chi connectivity index (χ1n) is 11.9. The summed E-state index contributed by atoms with van der Waals surface area (Å²) < 4.78 is 42.5. The third kappa shape index (κ3) is 4.99. The van der Waals surface area contributed by atoms with Crippen molar-refractivity contribution in [1.29, 1.82) is 0 Å². The van der Waals surface area contributed by atoms with E-state index in [2.05, 4.69) is 9.71 Å². The molecule has 3 aliphatic rings. The highest BCUT2D eigenvalue weighted by molar-refractivity contribution is 7.90.